The van der Waals surface area contributed by atoms with E-state index in [0.29, 0.717) is 12.8 Å². The molecule has 0 aromatic carbocycles. The number of nitrogens with two attached hydrogens (primary N) is 1. The largest absolute Gasteiger partial charge is 0.460 e. The molecule has 0 saturated carbocycles. The Morgan fingerprint density at radius 2 is 1.93 bits per heavy atom. The summed E-state index contributed by atoms with van der Waals surface area (Å²) >= 11 is 0. The first-order valence-electron chi connectivity index (χ1n) is 4.82. The monoisotopic (exact) mass is 223 g/mol. The Hall–Kier alpha value is -0.280. The van der Waals surface area contributed by atoms with Gasteiger partial charge >= 0.3 is 5.97 Å². The highest BCUT2D eigenvalue weighted by Crippen LogP contribution is 2.10. The van der Waals surface area contributed by atoms with Crippen molar-refractivity contribution in [2.45, 2.75) is 58.6 Å². The molecule has 1 atom stereocenters. The fourth-order valence-electron chi connectivity index (χ4n) is 0.900. The topological polar surface area (TPSA) is 52.3 Å². The molecule has 0 aliphatic carbocycles. The van der Waals surface area contributed by atoms with Gasteiger partial charge < -0.3 is 10.5 Å². The van der Waals surface area contributed by atoms with Gasteiger partial charge in [-0.25, -0.2) is 0 Å². The summed E-state index contributed by atoms with van der Waals surface area (Å²) in [6, 6.07) is 0.118. The van der Waals surface area contributed by atoms with Crippen molar-refractivity contribution in [3.05, 3.63) is 0 Å². The number of esters is 1. The zero-order valence-electron chi connectivity index (χ0n) is 9.50. The third-order valence-corrected chi connectivity index (χ3v) is 1.66. The highest BCUT2D eigenvalue weighted by molar-refractivity contribution is 5.85. The molecule has 86 valence electrons. The lowest BCUT2D eigenvalue weighted by Gasteiger charge is -2.19. The van der Waals surface area contributed by atoms with Crippen molar-refractivity contribution in [3.63, 3.8) is 0 Å². The Morgan fingerprint density at radius 3 is 2.29 bits per heavy atom. The van der Waals surface area contributed by atoms with E-state index in [-0.39, 0.29) is 30.0 Å². The Bertz CT molecular complexity index is 166. The summed E-state index contributed by atoms with van der Waals surface area (Å²) in [5, 5.41) is 0. The van der Waals surface area contributed by atoms with Crippen molar-refractivity contribution in [1.29, 1.82) is 0 Å². The molecule has 0 amide bonds. The summed E-state index contributed by atoms with van der Waals surface area (Å²) in [6.07, 6.45) is 2.04. The van der Waals surface area contributed by atoms with E-state index in [1.54, 1.807) is 0 Å². The predicted octanol–water partition coefficient (Wildman–Crippen LogP) is 2.27. The summed E-state index contributed by atoms with van der Waals surface area (Å²) in [4.78, 5) is 11.2. The van der Waals surface area contributed by atoms with Crippen LogP contribution < -0.4 is 5.73 Å². The van der Waals surface area contributed by atoms with Gasteiger partial charge in [0.05, 0.1) is 0 Å². The average Bonchev–Trinajstić information content (AvgIpc) is 1.97. The van der Waals surface area contributed by atoms with Gasteiger partial charge in [-0.15, -0.1) is 12.4 Å². The second kappa shape index (κ2) is 7.07. The lowest BCUT2D eigenvalue weighted by atomic mass is 10.1. The Morgan fingerprint density at radius 1 is 1.43 bits per heavy atom. The zero-order valence-corrected chi connectivity index (χ0v) is 10.3. The molecule has 0 radical (unpaired) electrons. The van der Waals surface area contributed by atoms with Gasteiger partial charge in [-0.1, -0.05) is 6.92 Å². The van der Waals surface area contributed by atoms with E-state index in [1.807, 2.05) is 27.7 Å². The number of carbonyl (C=O) groups excluding carboxylic acids is 1. The van der Waals surface area contributed by atoms with Crippen molar-refractivity contribution >= 4 is 18.4 Å². The maximum Gasteiger partial charge on any atom is 0.306 e. The van der Waals surface area contributed by atoms with Gasteiger partial charge in [-0.2, -0.15) is 0 Å². The highest BCUT2D eigenvalue weighted by atomic mass is 35.5. The quantitative estimate of drug-likeness (QED) is 0.744. The summed E-state index contributed by atoms with van der Waals surface area (Å²) in [5.74, 6) is -0.156. The van der Waals surface area contributed by atoms with E-state index in [9.17, 15) is 4.79 Å². The standard InChI is InChI=1S/C10H21NO2.ClH/c1-5-8(11)6-7-9(12)13-10(2,3)4;/h8H,5-7,11H2,1-4H3;1H. The van der Waals surface area contributed by atoms with Crippen LogP contribution in [0.4, 0.5) is 0 Å². The Kier molecular flexibility index (Phi) is 8.16. The van der Waals surface area contributed by atoms with Gasteiger partial charge in [-0.3, -0.25) is 4.79 Å². The summed E-state index contributed by atoms with van der Waals surface area (Å²) in [6.45, 7) is 7.61. The van der Waals surface area contributed by atoms with Crippen LogP contribution >= 0.6 is 12.4 Å². The van der Waals surface area contributed by atoms with Crippen LogP contribution in [0.3, 0.4) is 0 Å². The van der Waals surface area contributed by atoms with E-state index < -0.39 is 0 Å². The molecule has 0 aromatic heterocycles. The molecule has 0 aliphatic heterocycles. The average molecular weight is 224 g/mol. The molecule has 0 aliphatic rings. The SMILES string of the molecule is CCC(N)CCC(=O)OC(C)(C)C.Cl. The minimum absolute atomic E-state index is 0. The van der Waals surface area contributed by atoms with E-state index in [4.69, 9.17) is 10.5 Å². The van der Waals surface area contributed by atoms with Crippen molar-refractivity contribution < 1.29 is 9.53 Å². The van der Waals surface area contributed by atoms with E-state index in [1.165, 1.54) is 0 Å². The minimum Gasteiger partial charge on any atom is -0.460 e. The molecule has 3 nitrogen and oxygen atoms in total. The number of ether oxygens (including phenoxy) is 1. The molecule has 0 saturated heterocycles. The van der Waals surface area contributed by atoms with E-state index >= 15 is 0 Å². The van der Waals surface area contributed by atoms with Crippen molar-refractivity contribution in [1.82, 2.24) is 0 Å². The number of hydrogen-bond donors (Lipinski definition) is 1. The first kappa shape index (κ1) is 16.2. The molecule has 2 N–H and O–H groups in total. The van der Waals surface area contributed by atoms with Gasteiger partial charge in [-0.05, 0) is 33.6 Å². The van der Waals surface area contributed by atoms with Crippen LogP contribution in [0.1, 0.15) is 47.0 Å². The third kappa shape index (κ3) is 9.81. The fraction of sp³-hybridized carbons (Fsp3) is 0.900. The molecular weight excluding hydrogens is 202 g/mol. The molecule has 0 spiro atoms. The van der Waals surface area contributed by atoms with Crippen LogP contribution in [-0.2, 0) is 9.53 Å². The molecule has 0 aromatic rings. The molecule has 4 heteroatoms. The third-order valence-electron chi connectivity index (χ3n) is 1.66. The van der Waals surface area contributed by atoms with E-state index in [2.05, 4.69) is 0 Å². The first-order valence-corrected chi connectivity index (χ1v) is 4.82. The Labute approximate surface area is 92.8 Å². The molecule has 1 unspecified atom stereocenters. The highest BCUT2D eigenvalue weighted by Gasteiger charge is 2.16. The number of carbonyl (C=O) groups is 1. The Balaban J connectivity index is 0. The zero-order chi connectivity index (χ0) is 10.5. The molecule has 14 heavy (non-hydrogen) atoms. The predicted molar refractivity (Wildman–Crippen MR) is 60.6 cm³/mol. The van der Waals surface area contributed by atoms with Crippen LogP contribution in [-0.4, -0.2) is 17.6 Å². The number of rotatable bonds is 4. The van der Waals surface area contributed by atoms with E-state index in [0.717, 1.165) is 6.42 Å². The van der Waals surface area contributed by atoms with Crippen LogP contribution in [0.5, 0.6) is 0 Å². The molecular formula is C10H22ClNO2. The normalized spacial score (nSPS) is 12.9. The summed E-state index contributed by atoms with van der Waals surface area (Å²) < 4.78 is 5.14. The maximum absolute atomic E-state index is 11.2. The van der Waals surface area contributed by atoms with Gasteiger partial charge in [0, 0.05) is 12.5 Å². The molecule has 0 fully saturated rings. The summed E-state index contributed by atoms with van der Waals surface area (Å²) in [7, 11) is 0. The smallest absolute Gasteiger partial charge is 0.306 e. The van der Waals surface area contributed by atoms with Crippen LogP contribution in [0.15, 0.2) is 0 Å². The van der Waals surface area contributed by atoms with Gasteiger partial charge in [0.25, 0.3) is 0 Å². The van der Waals surface area contributed by atoms with Crippen LogP contribution in [0.2, 0.25) is 0 Å². The second-order valence-electron chi connectivity index (χ2n) is 4.29. The van der Waals surface area contributed by atoms with Gasteiger partial charge in [0.1, 0.15) is 5.60 Å². The minimum atomic E-state index is -0.382. The molecule has 0 heterocycles. The lowest BCUT2D eigenvalue weighted by molar-refractivity contribution is -0.155. The summed E-state index contributed by atoms with van der Waals surface area (Å²) in [5.41, 5.74) is 5.30. The number of halogens is 1. The van der Waals surface area contributed by atoms with Crippen molar-refractivity contribution in [3.8, 4) is 0 Å². The number of hydrogen-bond acceptors (Lipinski definition) is 3. The van der Waals surface area contributed by atoms with Gasteiger partial charge in [0.2, 0.25) is 0 Å². The maximum atomic E-state index is 11.2. The van der Waals surface area contributed by atoms with Crippen molar-refractivity contribution in [2.75, 3.05) is 0 Å². The van der Waals surface area contributed by atoms with Crippen LogP contribution in [0, 0.1) is 0 Å². The molecule has 0 bridgehead atoms. The second-order valence-corrected chi connectivity index (χ2v) is 4.29. The first-order chi connectivity index (χ1) is 5.85. The van der Waals surface area contributed by atoms with Gasteiger partial charge in [0.15, 0.2) is 0 Å². The lowest BCUT2D eigenvalue weighted by Crippen LogP contribution is -2.26. The van der Waals surface area contributed by atoms with Crippen molar-refractivity contribution in [2.24, 2.45) is 5.73 Å². The van der Waals surface area contributed by atoms with Crippen LogP contribution in [0.25, 0.3) is 0 Å². The molecule has 0 rings (SSSR count). The fourth-order valence-corrected chi connectivity index (χ4v) is 0.900.